The summed E-state index contributed by atoms with van der Waals surface area (Å²) in [4.78, 5) is 8.29. The van der Waals surface area contributed by atoms with Gasteiger partial charge in [0, 0.05) is 18.5 Å². The number of hydrogen-bond donors (Lipinski definition) is 1. The first-order valence-electron chi connectivity index (χ1n) is 6.06. The number of fused-ring (bicyclic) bond motifs is 1. The molecule has 0 spiro atoms. The smallest absolute Gasteiger partial charge is 0.265 e. The lowest BCUT2D eigenvalue weighted by Gasteiger charge is -2.09. The highest BCUT2D eigenvalue weighted by molar-refractivity contribution is 5.55. The number of aromatic nitrogens is 3. The van der Waals surface area contributed by atoms with E-state index in [1.165, 1.54) is 7.11 Å². The summed E-state index contributed by atoms with van der Waals surface area (Å²) < 4.78 is 12.6. The topological polar surface area (TPSA) is 98.5 Å². The Morgan fingerprint density at radius 2 is 2.10 bits per heavy atom. The van der Waals surface area contributed by atoms with Crippen LogP contribution in [0.2, 0.25) is 0 Å². The summed E-state index contributed by atoms with van der Waals surface area (Å²) >= 11 is 0. The Morgan fingerprint density at radius 3 is 2.86 bits per heavy atom. The van der Waals surface area contributed by atoms with E-state index in [-0.39, 0.29) is 5.88 Å². The van der Waals surface area contributed by atoms with Crippen molar-refractivity contribution in [3.05, 3.63) is 42.4 Å². The fraction of sp³-hybridized carbons (Fsp3) is 0.0714. The number of imidazole rings is 1. The highest BCUT2D eigenvalue weighted by atomic mass is 16.5. The van der Waals surface area contributed by atoms with Crippen molar-refractivity contribution in [2.24, 2.45) is 0 Å². The molecule has 2 heterocycles. The van der Waals surface area contributed by atoms with Crippen LogP contribution in [0, 0.1) is 11.3 Å². The Hall–Kier alpha value is -3.27. The van der Waals surface area contributed by atoms with Crippen molar-refractivity contribution in [2.45, 2.75) is 0 Å². The summed E-state index contributed by atoms with van der Waals surface area (Å²) in [7, 11) is 1.52. The molecule has 0 aliphatic heterocycles. The third-order valence-electron chi connectivity index (χ3n) is 2.82. The Kier molecular flexibility index (Phi) is 3.04. The van der Waals surface area contributed by atoms with Crippen LogP contribution in [0.3, 0.4) is 0 Å². The van der Waals surface area contributed by atoms with Gasteiger partial charge in [0.25, 0.3) is 5.88 Å². The average Bonchev–Trinajstić information content (AvgIpc) is 2.95. The maximum Gasteiger partial charge on any atom is 0.265 e. The number of methoxy groups -OCH3 is 1. The van der Waals surface area contributed by atoms with Gasteiger partial charge in [0.05, 0.1) is 24.9 Å². The molecule has 7 heteroatoms. The number of nitrogens with zero attached hydrogens (tertiary/aromatic N) is 4. The molecular weight excluding hydrogens is 270 g/mol. The minimum Gasteiger partial charge on any atom is -0.497 e. The summed E-state index contributed by atoms with van der Waals surface area (Å²) in [5.41, 5.74) is 6.69. The number of benzene rings is 1. The van der Waals surface area contributed by atoms with Gasteiger partial charge in [-0.25, -0.2) is 4.98 Å². The van der Waals surface area contributed by atoms with Crippen LogP contribution in [0.25, 0.3) is 5.65 Å². The average molecular weight is 281 g/mol. The standard InChI is InChI=1S/C14H11N5O2/c1-20-10-4-9(7-15)5-11(6-10)21-14-13-17-2-3-19(13)8-12(16)18-14/h2-6,8H,16H2,1H3. The normalized spacial score (nSPS) is 10.3. The van der Waals surface area contributed by atoms with Crippen LogP contribution in [-0.4, -0.2) is 21.5 Å². The van der Waals surface area contributed by atoms with Gasteiger partial charge >= 0.3 is 0 Å². The number of nitriles is 1. The zero-order valence-corrected chi connectivity index (χ0v) is 11.1. The summed E-state index contributed by atoms with van der Waals surface area (Å²) in [6.07, 6.45) is 5.00. The van der Waals surface area contributed by atoms with Crippen molar-refractivity contribution in [1.82, 2.24) is 14.4 Å². The van der Waals surface area contributed by atoms with Crippen LogP contribution in [0.5, 0.6) is 17.4 Å². The number of rotatable bonds is 3. The van der Waals surface area contributed by atoms with Crippen LogP contribution in [0.4, 0.5) is 5.82 Å². The number of nitrogen functional groups attached to an aromatic ring is 1. The third kappa shape index (κ3) is 2.42. The van der Waals surface area contributed by atoms with Crippen LogP contribution < -0.4 is 15.2 Å². The van der Waals surface area contributed by atoms with E-state index in [4.69, 9.17) is 20.5 Å². The van der Waals surface area contributed by atoms with Crippen LogP contribution in [0.15, 0.2) is 36.8 Å². The van der Waals surface area contributed by atoms with E-state index in [9.17, 15) is 0 Å². The molecule has 0 unspecified atom stereocenters. The molecule has 0 amide bonds. The SMILES string of the molecule is COc1cc(C#N)cc(Oc2nc(N)cn3ccnc23)c1. The minimum atomic E-state index is 0.261. The van der Waals surface area contributed by atoms with Gasteiger partial charge in [-0.15, -0.1) is 0 Å². The molecule has 2 aromatic heterocycles. The minimum absolute atomic E-state index is 0.261. The number of nitrogens with two attached hydrogens (primary N) is 1. The Labute approximate surface area is 120 Å². The molecule has 21 heavy (non-hydrogen) atoms. The second-order valence-electron chi connectivity index (χ2n) is 4.24. The molecule has 0 aliphatic rings. The van der Waals surface area contributed by atoms with Crippen molar-refractivity contribution in [1.29, 1.82) is 5.26 Å². The van der Waals surface area contributed by atoms with E-state index >= 15 is 0 Å². The van der Waals surface area contributed by atoms with Crippen molar-refractivity contribution in [3.8, 4) is 23.4 Å². The second-order valence-corrected chi connectivity index (χ2v) is 4.24. The lowest BCUT2D eigenvalue weighted by Crippen LogP contribution is -1.99. The molecule has 0 fully saturated rings. The molecule has 0 saturated carbocycles. The van der Waals surface area contributed by atoms with Gasteiger partial charge in [0.2, 0.25) is 5.65 Å². The monoisotopic (exact) mass is 281 g/mol. The molecule has 0 radical (unpaired) electrons. The van der Waals surface area contributed by atoms with Crippen molar-refractivity contribution >= 4 is 11.5 Å². The van der Waals surface area contributed by atoms with Gasteiger partial charge in [-0.2, -0.15) is 10.2 Å². The molecule has 104 valence electrons. The molecule has 0 atom stereocenters. The third-order valence-corrected chi connectivity index (χ3v) is 2.82. The number of hydrogen-bond acceptors (Lipinski definition) is 6. The largest absolute Gasteiger partial charge is 0.497 e. The molecule has 2 N–H and O–H groups in total. The van der Waals surface area contributed by atoms with Gasteiger partial charge in [-0.3, -0.25) is 4.40 Å². The van der Waals surface area contributed by atoms with E-state index in [1.54, 1.807) is 41.2 Å². The highest BCUT2D eigenvalue weighted by Crippen LogP contribution is 2.28. The van der Waals surface area contributed by atoms with Crippen molar-refractivity contribution in [2.75, 3.05) is 12.8 Å². The quantitative estimate of drug-likeness (QED) is 0.788. The van der Waals surface area contributed by atoms with E-state index in [0.717, 1.165) is 0 Å². The molecular formula is C14H11N5O2. The van der Waals surface area contributed by atoms with E-state index in [0.29, 0.717) is 28.5 Å². The van der Waals surface area contributed by atoms with E-state index in [2.05, 4.69) is 9.97 Å². The molecule has 1 aromatic carbocycles. The van der Waals surface area contributed by atoms with Crippen molar-refractivity contribution in [3.63, 3.8) is 0 Å². The van der Waals surface area contributed by atoms with Gasteiger partial charge in [-0.05, 0) is 12.1 Å². The zero-order valence-electron chi connectivity index (χ0n) is 11.1. The second kappa shape index (κ2) is 5.02. The fourth-order valence-electron chi connectivity index (χ4n) is 1.91. The summed E-state index contributed by atoms with van der Waals surface area (Å²) in [6, 6.07) is 6.91. The molecule has 0 saturated heterocycles. The fourth-order valence-corrected chi connectivity index (χ4v) is 1.91. The lowest BCUT2D eigenvalue weighted by molar-refractivity contribution is 0.407. The van der Waals surface area contributed by atoms with Gasteiger partial charge in [0.15, 0.2) is 0 Å². The molecule has 7 nitrogen and oxygen atoms in total. The van der Waals surface area contributed by atoms with Crippen LogP contribution >= 0.6 is 0 Å². The molecule has 3 rings (SSSR count). The van der Waals surface area contributed by atoms with Gasteiger partial charge in [-0.1, -0.05) is 0 Å². The number of ether oxygens (including phenoxy) is 2. The maximum absolute atomic E-state index is 9.02. The molecule has 0 bridgehead atoms. The molecule has 3 aromatic rings. The maximum atomic E-state index is 9.02. The van der Waals surface area contributed by atoms with Crippen LogP contribution in [0.1, 0.15) is 5.56 Å². The van der Waals surface area contributed by atoms with E-state index < -0.39 is 0 Å². The Bertz CT molecular complexity index is 850. The first-order valence-corrected chi connectivity index (χ1v) is 6.06. The summed E-state index contributed by atoms with van der Waals surface area (Å²) in [6.45, 7) is 0. The predicted octanol–water partition coefficient (Wildman–Crippen LogP) is 1.98. The van der Waals surface area contributed by atoms with Crippen LogP contribution in [-0.2, 0) is 0 Å². The highest BCUT2D eigenvalue weighted by Gasteiger charge is 2.10. The van der Waals surface area contributed by atoms with Gasteiger partial charge in [0.1, 0.15) is 17.3 Å². The Morgan fingerprint density at radius 1 is 1.29 bits per heavy atom. The predicted molar refractivity (Wildman–Crippen MR) is 75.2 cm³/mol. The lowest BCUT2D eigenvalue weighted by atomic mass is 10.2. The van der Waals surface area contributed by atoms with E-state index in [1.807, 2.05) is 6.07 Å². The zero-order chi connectivity index (χ0) is 14.8. The Balaban J connectivity index is 2.06. The van der Waals surface area contributed by atoms with Gasteiger partial charge < -0.3 is 15.2 Å². The summed E-state index contributed by atoms with van der Waals surface area (Å²) in [5, 5.41) is 9.02. The number of anilines is 1. The van der Waals surface area contributed by atoms with Crippen molar-refractivity contribution < 1.29 is 9.47 Å². The molecule has 0 aliphatic carbocycles. The summed E-state index contributed by atoms with van der Waals surface area (Å²) in [5.74, 6) is 1.51. The first kappa shape index (κ1) is 12.7. The first-order chi connectivity index (χ1) is 10.2.